The zero-order valence-electron chi connectivity index (χ0n) is 17.1. The molecule has 0 saturated carbocycles. The van der Waals surface area contributed by atoms with Gasteiger partial charge in [-0.2, -0.15) is 0 Å². The Hall–Kier alpha value is -3.13. The summed E-state index contributed by atoms with van der Waals surface area (Å²) >= 11 is 0. The Bertz CT molecular complexity index is 992. The van der Waals surface area contributed by atoms with E-state index in [-0.39, 0.29) is 18.0 Å². The molecule has 2 heteroatoms. The van der Waals surface area contributed by atoms with Gasteiger partial charge in [0.15, 0.2) is 0 Å². The average molecular weight is 382 g/mol. The van der Waals surface area contributed by atoms with E-state index in [0.717, 1.165) is 24.0 Å². The molecule has 2 atom stereocenters. The standard InChI is InChI=1S/C27H27NO/c1-3-24-25(22-15-9-5-10-16-22)19-26(23-17-11-6-12-18-23)28(27(24)29)20(2)21-13-7-4-8-14-21/h4-18,20,26H,3,19H2,1-2H3/t20-,26-/m1/s1. The van der Waals surface area contributed by atoms with Crippen molar-refractivity contribution in [2.75, 3.05) is 0 Å². The van der Waals surface area contributed by atoms with Gasteiger partial charge in [0.2, 0.25) is 0 Å². The highest BCUT2D eigenvalue weighted by Gasteiger charge is 2.37. The Kier molecular flexibility index (Phi) is 5.62. The highest BCUT2D eigenvalue weighted by molar-refractivity contribution is 6.03. The second kappa shape index (κ2) is 8.48. The lowest BCUT2D eigenvalue weighted by atomic mass is 9.83. The van der Waals surface area contributed by atoms with Crippen LogP contribution < -0.4 is 0 Å². The Morgan fingerprint density at radius 3 is 2.00 bits per heavy atom. The minimum absolute atomic E-state index is 0.00720. The number of hydrogen-bond donors (Lipinski definition) is 0. The molecule has 0 aliphatic carbocycles. The summed E-state index contributed by atoms with van der Waals surface area (Å²) in [6.07, 6.45) is 1.57. The molecule has 0 spiro atoms. The van der Waals surface area contributed by atoms with Crippen molar-refractivity contribution < 1.29 is 4.79 Å². The fourth-order valence-electron chi connectivity index (χ4n) is 4.43. The predicted molar refractivity (Wildman–Crippen MR) is 119 cm³/mol. The lowest BCUT2D eigenvalue weighted by molar-refractivity contribution is -0.132. The number of benzene rings is 3. The van der Waals surface area contributed by atoms with Crippen LogP contribution in [0.3, 0.4) is 0 Å². The number of carbonyl (C=O) groups is 1. The molecule has 2 nitrogen and oxygen atoms in total. The third kappa shape index (κ3) is 3.75. The van der Waals surface area contributed by atoms with E-state index in [9.17, 15) is 4.79 Å². The Morgan fingerprint density at radius 1 is 0.862 bits per heavy atom. The minimum atomic E-state index is 0.00720. The molecule has 1 heterocycles. The molecule has 0 aromatic heterocycles. The molecule has 0 radical (unpaired) electrons. The van der Waals surface area contributed by atoms with Crippen molar-refractivity contribution in [2.24, 2.45) is 0 Å². The largest absolute Gasteiger partial charge is 0.325 e. The van der Waals surface area contributed by atoms with Gasteiger partial charge in [-0.05, 0) is 42.0 Å². The Morgan fingerprint density at radius 2 is 1.41 bits per heavy atom. The molecule has 3 aromatic carbocycles. The topological polar surface area (TPSA) is 20.3 Å². The van der Waals surface area contributed by atoms with Crippen LogP contribution in [-0.2, 0) is 4.79 Å². The van der Waals surface area contributed by atoms with Gasteiger partial charge in [-0.3, -0.25) is 4.79 Å². The molecular weight excluding hydrogens is 354 g/mol. The summed E-state index contributed by atoms with van der Waals surface area (Å²) in [4.78, 5) is 15.9. The van der Waals surface area contributed by atoms with E-state index in [1.165, 1.54) is 16.7 Å². The maximum Gasteiger partial charge on any atom is 0.251 e. The summed E-state index contributed by atoms with van der Waals surface area (Å²) in [5.74, 6) is 0.155. The molecular formula is C27H27NO. The van der Waals surface area contributed by atoms with E-state index in [0.29, 0.717) is 0 Å². The van der Waals surface area contributed by atoms with Crippen molar-refractivity contribution in [3.8, 4) is 0 Å². The molecule has 146 valence electrons. The molecule has 4 rings (SSSR count). The molecule has 29 heavy (non-hydrogen) atoms. The van der Waals surface area contributed by atoms with Crippen LogP contribution in [0, 0.1) is 0 Å². The highest BCUT2D eigenvalue weighted by Crippen LogP contribution is 2.44. The van der Waals surface area contributed by atoms with Crippen LogP contribution in [0.15, 0.2) is 96.6 Å². The summed E-state index contributed by atoms with van der Waals surface area (Å²) in [7, 11) is 0. The molecule has 1 amide bonds. The van der Waals surface area contributed by atoms with E-state index in [4.69, 9.17) is 0 Å². The lowest BCUT2D eigenvalue weighted by Gasteiger charge is -2.42. The molecule has 0 bridgehead atoms. The maximum absolute atomic E-state index is 13.8. The first-order chi connectivity index (χ1) is 14.2. The van der Waals surface area contributed by atoms with Crippen LogP contribution in [0.5, 0.6) is 0 Å². The summed E-state index contributed by atoms with van der Waals surface area (Å²) in [5.41, 5.74) is 5.63. The molecule has 0 unspecified atom stereocenters. The average Bonchev–Trinajstić information content (AvgIpc) is 2.79. The minimum Gasteiger partial charge on any atom is -0.325 e. The molecule has 1 aliphatic heterocycles. The van der Waals surface area contributed by atoms with Crippen molar-refractivity contribution in [1.82, 2.24) is 4.90 Å². The predicted octanol–water partition coefficient (Wildman–Crippen LogP) is 6.59. The highest BCUT2D eigenvalue weighted by atomic mass is 16.2. The number of amides is 1. The smallest absolute Gasteiger partial charge is 0.251 e. The van der Waals surface area contributed by atoms with Crippen LogP contribution in [0.4, 0.5) is 0 Å². The van der Waals surface area contributed by atoms with Crippen LogP contribution in [-0.4, -0.2) is 10.8 Å². The zero-order chi connectivity index (χ0) is 20.2. The monoisotopic (exact) mass is 381 g/mol. The van der Waals surface area contributed by atoms with Crippen molar-refractivity contribution in [2.45, 2.75) is 38.8 Å². The molecule has 3 aromatic rings. The number of rotatable bonds is 5. The van der Waals surface area contributed by atoms with Gasteiger partial charge in [0.25, 0.3) is 5.91 Å². The van der Waals surface area contributed by atoms with Gasteiger partial charge < -0.3 is 4.90 Å². The van der Waals surface area contributed by atoms with E-state index in [1.807, 2.05) is 30.3 Å². The number of nitrogens with zero attached hydrogens (tertiary/aromatic N) is 1. The second-order valence-electron chi connectivity index (χ2n) is 7.61. The van der Waals surface area contributed by atoms with Gasteiger partial charge in [0.05, 0.1) is 12.1 Å². The lowest BCUT2D eigenvalue weighted by Crippen LogP contribution is -2.41. The molecule has 0 saturated heterocycles. The third-order valence-electron chi connectivity index (χ3n) is 5.95. The van der Waals surface area contributed by atoms with Gasteiger partial charge in [-0.15, -0.1) is 0 Å². The summed E-state index contributed by atoms with van der Waals surface area (Å²) in [6, 6.07) is 31.2. The van der Waals surface area contributed by atoms with Crippen LogP contribution in [0.25, 0.3) is 5.57 Å². The quantitative estimate of drug-likeness (QED) is 0.488. The van der Waals surface area contributed by atoms with E-state index >= 15 is 0 Å². The van der Waals surface area contributed by atoms with Crippen molar-refractivity contribution in [3.05, 3.63) is 113 Å². The van der Waals surface area contributed by atoms with E-state index < -0.39 is 0 Å². The van der Waals surface area contributed by atoms with E-state index in [2.05, 4.69) is 79.4 Å². The SMILES string of the molecule is CCC1=C(c2ccccc2)C[C@H](c2ccccc2)N([C@H](C)c2ccccc2)C1=O. The number of hydrogen-bond acceptors (Lipinski definition) is 1. The second-order valence-corrected chi connectivity index (χ2v) is 7.61. The van der Waals surface area contributed by atoms with Crippen molar-refractivity contribution in [3.63, 3.8) is 0 Å². The van der Waals surface area contributed by atoms with Gasteiger partial charge in [-0.1, -0.05) is 97.9 Å². The first-order valence-electron chi connectivity index (χ1n) is 10.4. The van der Waals surface area contributed by atoms with Crippen LogP contribution >= 0.6 is 0 Å². The zero-order valence-corrected chi connectivity index (χ0v) is 17.1. The summed E-state index contributed by atoms with van der Waals surface area (Å²) in [6.45, 7) is 4.23. The van der Waals surface area contributed by atoms with Crippen LogP contribution in [0.1, 0.15) is 55.5 Å². The first kappa shape index (κ1) is 19.2. The molecule has 0 fully saturated rings. The Balaban J connectivity index is 1.84. The van der Waals surface area contributed by atoms with E-state index in [1.54, 1.807) is 0 Å². The number of carbonyl (C=O) groups excluding carboxylic acids is 1. The normalized spacial score (nSPS) is 18.1. The Labute approximate surface area is 173 Å². The maximum atomic E-state index is 13.8. The molecule has 1 aliphatic rings. The summed E-state index contributed by atoms with van der Waals surface area (Å²) < 4.78 is 0. The molecule has 0 N–H and O–H groups in total. The van der Waals surface area contributed by atoms with Crippen molar-refractivity contribution >= 4 is 11.5 Å². The summed E-state index contributed by atoms with van der Waals surface area (Å²) in [5, 5.41) is 0. The van der Waals surface area contributed by atoms with Crippen molar-refractivity contribution in [1.29, 1.82) is 0 Å². The van der Waals surface area contributed by atoms with Gasteiger partial charge in [0, 0.05) is 5.57 Å². The van der Waals surface area contributed by atoms with Gasteiger partial charge >= 0.3 is 0 Å². The first-order valence-corrected chi connectivity index (χ1v) is 10.4. The van der Waals surface area contributed by atoms with Gasteiger partial charge in [0.1, 0.15) is 0 Å². The fourth-order valence-corrected chi connectivity index (χ4v) is 4.43. The fraction of sp³-hybridized carbons (Fsp3) is 0.222. The van der Waals surface area contributed by atoms with Gasteiger partial charge in [-0.25, -0.2) is 0 Å². The van der Waals surface area contributed by atoms with Crippen LogP contribution in [0.2, 0.25) is 0 Å². The third-order valence-corrected chi connectivity index (χ3v) is 5.95.